The molecule has 1 aliphatic rings. The van der Waals surface area contributed by atoms with Crippen LogP contribution in [0, 0.1) is 0 Å². The summed E-state index contributed by atoms with van der Waals surface area (Å²) < 4.78 is 4.78. The third kappa shape index (κ3) is 6.33. The van der Waals surface area contributed by atoms with Crippen molar-refractivity contribution in [2.45, 2.75) is 39.7 Å². The minimum Gasteiger partial charge on any atom is -0.450 e. The van der Waals surface area contributed by atoms with Gasteiger partial charge in [0.15, 0.2) is 0 Å². The van der Waals surface area contributed by atoms with Crippen molar-refractivity contribution in [3.8, 4) is 0 Å². The lowest BCUT2D eigenvalue weighted by atomic mass is 10.0. The average molecular weight is 361 g/mol. The highest BCUT2D eigenvalue weighted by atomic mass is 16.5. The molecule has 1 fully saturated rings. The van der Waals surface area contributed by atoms with Crippen molar-refractivity contribution in [1.29, 1.82) is 0 Å². The summed E-state index contributed by atoms with van der Waals surface area (Å²) in [4.78, 5) is 27.7. The number of hydrogen-bond acceptors (Lipinski definition) is 4. The third-order valence-corrected chi connectivity index (χ3v) is 4.66. The number of amides is 2. The molecule has 1 aromatic carbocycles. The van der Waals surface area contributed by atoms with Crippen LogP contribution in [0.2, 0.25) is 0 Å². The normalized spacial score (nSPS) is 15.2. The molecular formula is C20H31N3O3. The van der Waals surface area contributed by atoms with Gasteiger partial charge in [-0.2, -0.15) is 0 Å². The van der Waals surface area contributed by atoms with E-state index in [0.29, 0.717) is 25.5 Å². The van der Waals surface area contributed by atoms with Gasteiger partial charge in [0.05, 0.1) is 6.61 Å². The van der Waals surface area contributed by atoms with Gasteiger partial charge in [-0.05, 0) is 24.0 Å². The highest BCUT2D eigenvalue weighted by Gasteiger charge is 2.21. The molecule has 144 valence electrons. The SMILES string of the molecule is CCOC(=O)NCCC(=O)N1CCN(Cc2ccc(C(C)C)cc2)CC1. The maximum atomic E-state index is 12.2. The van der Waals surface area contributed by atoms with Crippen LogP contribution in [0.3, 0.4) is 0 Å². The zero-order valence-corrected chi connectivity index (χ0v) is 16.2. The Balaban J connectivity index is 1.69. The van der Waals surface area contributed by atoms with Crippen LogP contribution in [0.4, 0.5) is 4.79 Å². The lowest BCUT2D eigenvalue weighted by molar-refractivity contribution is -0.132. The topological polar surface area (TPSA) is 61.9 Å². The smallest absolute Gasteiger partial charge is 0.407 e. The first-order valence-electron chi connectivity index (χ1n) is 9.49. The Morgan fingerprint density at radius 3 is 2.35 bits per heavy atom. The van der Waals surface area contributed by atoms with Crippen molar-refractivity contribution >= 4 is 12.0 Å². The Bertz CT molecular complexity index is 578. The Morgan fingerprint density at radius 2 is 1.77 bits per heavy atom. The summed E-state index contributed by atoms with van der Waals surface area (Å²) >= 11 is 0. The summed E-state index contributed by atoms with van der Waals surface area (Å²) in [6.07, 6.45) is -0.149. The van der Waals surface area contributed by atoms with Crippen molar-refractivity contribution in [3.63, 3.8) is 0 Å². The number of hydrogen-bond donors (Lipinski definition) is 1. The summed E-state index contributed by atoms with van der Waals surface area (Å²) in [7, 11) is 0. The number of nitrogens with one attached hydrogen (secondary N) is 1. The molecule has 0 aliphatic carbocycles. The number of benzene rings is 1. The molecule has 6 heteroatoms. The Morgan fingerprint density at radius 1 is 1.12 bits per heavy atom. The second kappa shape index (κ2) is 10.2. The molecule has 0 atom stereocenters. The summed E-state index contributed by atoms with van der Waals surface area (Å²) in [6.45, 7) is 11.0. The van der Waals surface area contributed by atoms with E-state index in [9.17, 15) is 9.59 Å². The molecule has 0 bridgehead atoms. The van der Waals surface area contributed by atoms with Crippen molar-refractivity contribution < 1.29 is 14.3 Å². The number of alkyl carbamates (subject to hydrolysis) is 1. The zero-order valence-electron chi connectivity index (χ0n) is 16.2. The van der Waals surface area contributed by atoms with Crippen LogP contribution in [0.15, 0.2) is 24.3 Å². The molecule has 1 saturated heterocycles. The van der Waals surface area contributed by atoms with E-state index >= 15 is 0 Å². The summed E-state index contributed by atoms with van der Waals surface area (Å²) in [5, 5.41) is 2.59. The first-order valence-corrected chi connectivity index (χ1v) is 9.49. The van der Waals surface area contributed by atoms with E-state index in [1.54, 1.807) is 6.92 Å². The predicted octanol–water partition coefficient (Wildman–Crippen LogP) is 2.59. The predicted molar refractivity (Wildman–Crippen MR) is 102 cm³/mol. The van der Waals surface area contributed by atoms with Gasteiger partial charge in [0.25, 0.3) is 0 Å². The number of rotatable bonds is 7. The van der Waals surface area contributed by atoms with Gasteiger partial charge in [0.2, 0.25) is 5.91 Å². The highest BCUT2D eigenvalue weighted by molar-refractivity contribution is 5.77. The number of carbonyl (C=O) groups excluding carboxylic acids is 2. The van der Waals surface area contributed by atoms with Crippen molar-refractivity contribution in [1.82, 2.24) is 15.1 Å². The minimum absolute atomic E-state index is 0.0859. The molecule has 0 spiro atoms. The van der Waals surface area contributed by atoms with Crippen LogP contribution in [-0.2, 0) is 16.1 Å². The van der Waals surface area contributed by atoms with Crippen LogP contribution in [0.1, 0.15) is 44.2 Å². The summed E-state index contributed by atoms with van der Waals surface area (Å²) in [6, 6.07) is 8.81. The van der Waals surface area contributed by atoms with Crippen LogP contribution in [-0.4, -0.2) is 61.1 Å². The zero-order chi connectivity index (χ0) is 18.9. The van der Waals surface area contributed by atoms with E-state index in [4.69, 9.17) is 4.74 Å². The van der Waals surface area contributed by atoms with Gasteiger partial charge in [-0.1, -0.05) is 38.1 Å². The largest absolute Gasteiger partial charge is 0.450 e. The van der Waals surface area contributed by atoms with Crippen LogP contribution < -0.4 is 5.32 Å². The van der Waals surface area contributed by atoms with Gasteiger partial charge < -0.3 is 15.0 Å². The molecule has 1 N–H and O–H groups in total. The molecule has 0 unspecified atom stereocenters. The maximum Gasteiger partial charge on any atom is 0.407 e. The first-order chi connectivity index (χ1) is 12.5. The fraction of sp³-hybridized carbons (Fsp3) is 0.600. The van der Waals surface area contributed by atoms with Gasteiger partial charge >= 0.3 is 6.09 Å². The van der Waals surface area contributed by atoms with Gasteiger partial charge in [0, 0.05) is 45.7 Å². The number of carbonyl (C=O) groups is 2. The molecule has 26 heavy (non-hydrogen) atoms. The third-order valence-electron chi connectivity index (χ3n) is 4.66. The van der Waals surface area contributed by atoms with E-state index in [2.05, 4.69) is 48.3 Å². The van der Waals surface area contributed by atoms with Gasteiger partial charge in [-0.15, -0.1) is 0 Å². The molecule has 6 nitrogen and oxygen atoms in total. The molecule has 2 amide bonds. The van der Waals surface area contributed by atoms with E-state index < -0.39 is 6.09 Å². The van der Waals surface area contributed by atoms with Crippen molar-refractivity contribution in [3.05, 3.63) is 35.4 Å². The average Bonchev–Trinajstić information content (AvgIpc) is 2.63. The van der Waals surface area contributed by atoms with Gasteiger partial charge in [-0.3, -0.25) is 9.69 Å². The lowest BCUT2D eigenvalue weighted by Crippen LogP contribution is -2.48. The Labute approximate surface area is 156 Å². The highest BCUT2D eigenvalue weighted by Crippen LogP contribution is 2.16. The second-order valence-electron chi connectivity index (χ2n) is 6.95. The maximum absolute atomic E-state index is 12.2. The minimum atomic E-state index is -0.464. The summed E-state index contributed by atoms with van der Waals surface area (Å²) in [5.41, 5.74) is 2.67. The van der Waals surface area contributed by atoms with Crippen LogP contribution in [0.5, 0.6) is 0 Å². The number of nitrogens with zero attached hydrogens (tertiary/aromatic N) is 2. The lowest BCUT2D eigenvalue weighted by Gasteiger charge is -2.34. The molecular weight excluding hydrogens is 330 g/mol. The monoisotopic (exact) mass is 361 g/mol. The van der Waals surface area contributed by atoms with Crippen molar-refractivity contribution in [2.24, 2.45) is 0 Å². The van der Waals surface area contributed by atoms with Crippen LogP contribution >= 0.6 is 0 Å². The van der Waals surface area contributed by atoms with Gasteiger partial charge in [0.1, 0.15) is 0 Å². The second-order valence-corrected chi connectivity index (χ2v) is 6.95. The molecule has 1 heterocycles. The molecule has 0 radical (unpaired) electrons. The fourth-order valence-corrected chi connectivity index (χ4v) is 3.03. The number of ether oxygens (including phenoxy) is 1. The van der Waals surface area contributed by atoms with Crippen LogP contribution in [0.25, 0.3) is 0 Å². The van der Waals surface area contributed by atoms with Crippen molar-refractivity contribution in [2.75, 3.05) is 39.3 Å². The van der Waals surface area contributed by atoms with E-state index in [1.165, 1.54) is 11.1 Å². The van der Waals surface area contributed by atoms with E-state index in [-0.39, 0.29) is 5.91 Å². The molecule has 2 rings (SSSR count). The molecule has 1 aliphatic heterocycles. The quantitative estimate of drug-likeness (QED) is 0.811. The number of piperazine rings is 1. The Kier molecular flexibility index (Phi) is 7.91. The summed E-state index contributed by atoms with van der Waals surface area (Å²) in [5.74, 6) is 0.639. The first kappa shape index (κ1) is 20.2. The molecule has 0 saturated carbocycles. The standard InChI is InChI=1S/C20H31N3O3/c1-4-26-20(25)21-10-9-19(24)23-13-11-22(12-14-23)15-17-5-7-18(8-6-17)16(2)3/h5-8,16H,4,9-15H2,1-3H3,(H,21,25). The van der Waals surface area contributed by atoms with Gasteiger partial charge in [-0.25, -0.2) is 4.79 Å². The molecule has 0 aromatic heterocycles. The fourth-order valence-electron chi connectivity index (χ4n) is 3.03. The van der Waals surface area contributed by atoms with E-state index in [1.807, 2.05) is 4.90 Å². The Hall–Kier alpha value is -2.08. The molecule has 1 aromatic rings. The van der Waals surface area contributed by atoms with E-state index in [0.717, 1.165) is 32.7 Å².